The van der Waals surface area contributed by atoms with Crippen LogP contribution in [0.5, 0.6) is 0 Å². The highest BCUT2D eigenvalue weighted by Crippen LogP contribution is 2.24. The number of hydrogen-bond acceptors (Lipinski definition) is 3. The second-order valence-electron chi connectivity index (χ2n) is 5.96. The normalized spacial score (nSPS) is 21.3. The molecular weight excluding hydrogens is 260 g/mol. The van der Waals surface area contributed by atoms with Crippen molar-refractivity contribution in [3.05, 3.63) is 60.1 Å². The van der Waals surface area contributed by atoms with E-state index in [1.54, 1.807) is 6.26 Å². The zero-order valence-electron chi connectivity index (χ0n) is 12.6. The van der Waals surface area contributed by atoms with Crippen molar-refractivity contribution in [3.63, 3.8) is 0 Å². The Bertz CT molecular complexity index is 517. The minimum Gasteiger partial charge on any atom is -0.467 e. The fraction of sp³-hybridized carbons (Fsp3) is 0.444. The fourth-order valence-corrected chi connectivity index (χ4v) is 3.18. The molecule has 0 aliphatic carbocycles. The van der Waals surface area contributed by atoms with E-state index in [0.29, 0.717) is 12.1 Å². The van der Waals surface area contributed by atoms with Crippen molar-refractivity contribution >= 4 is 0 Å². The molecule has 0 spiro atoms. The van der Waals surface area contributed by atoms with E-state index in [4.69, 9.17) is 4.42 Å². The molecule has 1 fully saturated rings. The van der Waals surface area contributed by atoms with Gasteiger partial charge in [-0.05, 0) is 50.4 Å². The van der Waals surface area contributed by atoms with E-state index in [1.807, 2.05) is 12.1 Å². The van der Waals surface area contributed by atoms with E-state index in [1.165, 1.54) is 18.4 Å². The van der Waals surface area contributed by atoms with Crippen LogP contribution in [0.4, 0.5) is 0 Å². The lowest BCUT2D eigenvalue weighted by Gasteiger charge is -2.24. The molecule has 0 amide bonds. The van der Waals surface area contributed by atoms with Crippen LogP contribution in [0.25, 0.3) is 0 Å². The molecule has 1 saturated heterocycles. The van der Waals surface area contributed by atoms with Gasteiger partial charge in [-0.2, -0.15) is 0 Å². The Balaban J connectivity index is 1.70. The minimum absolute atomic E-state index is 0.123. The lowest BCUT2D eigenvalue weighted by molar-refractivity contribution is 0.379. The molecule has 21 heavy (non-hydrogen) atoms. The zero-order valence-corrected chi connectivity index (χ0v) is 12.6. The van der Waals surface area contributed by atoms with Crippen LogP contribution in [0.1, 0.15) is 43.6 Å². The van der Waals surface area contributed by atoms with E-state index in [0.717, 1.165) is 18.7 Å². The first-order chi connectivity index (χ1) is 10.3. The van der Waals surface area contributed by atoms with Crippen LogP contribution in [0.3, 0.4) is 0 Å². The monoisotopic (exact) mass is 284 g/mol. The summed E-state index contributed by atoms with van der Waals surface area (Å²) >= 11 is 0. The van der Waals surface area contributed by atoms with Gasteiger partial charge < -0.3 is 15.1 Å². The molecule has 3 unspecified atom stereocenters. The Morgan fingerprint density at radius 2 is 2.10 bits per heavy atom. The summed E-state index contributed by atoms with van der Waals surface area (Å²) in [4.78, 5) is 0. The van der Waals surface area contributed by atoms with E-state index in [9.17, 15) is 0 Å². The summed E-state index contributed by atoms with van der Waals surface area (Å²) in [5.74, 6) is 0.979. The quantitative estimate of drug-likeness (QED) is 0.852. The van der Waals surface area contributed by atoms with E-state index in [2.05, 4.69) is 47.9 Å². The lowest BCUT2D eigenvalue weighted by Crippen LogP contribution is -2.36. The Hall–Kier alpha value is -1.58. The van der Waals surface area contributed by atoms with Crippen LogP contribution < -0.4 is 10.6 Å². The first-order valence-electron chi connectivity index (χ1n) is 7.90. The van der Waals surface area contributed by atoms with Crippen LogP contribution in [0, 0.1) is 0 Å². The van der Waals surface area contributed by atoms with Crippen LogP contribution in [-0.2, 0) is 0 Å². The first-order valence-corrected chi connectivity index (χ1v) is 7.90. The maximum absolute atomic E-state index is 5.64. The van der Waals surface area contributed by atoms with Crippen molar-refractivity contribution in [2.45, 2.75) is 44.3 Å². The highest BCUT2D eigenvalue weighted by molar-refractivity contribution is 5.26. The molecule has 0 radical (unpaired) electrons. The summed E-state index contributed by atoms with van der Waals surface area (Å²) < 4.78 is 5.64. The van der Waals surface area contributed by atoms with E-state index >= 15 is 0 Å². The van der Waals surface area contributed by atoms with Gasteiger partial charge in [0.15, 0.2) is 0 Å². The number of benzene rings is 1. The summed E-state index contributed by atoms with van der Waals surface area (Å²) in [6.07, 6.45) is 5.50. The molecule has 3 atom stereocenters. The van der Waals surface area contributed by atoms with Crippen molar-refractivity contribution in [1.82, 2.24) is 10.6 Å². The van der Waals surface area contributed by atoms with Gasteiger partial charge in [-0.15, -0.1) is 0 Å². The van der Waals surface area contributed by atoms with Gasteiger partial charge in [0.25, 0.3) is 0 Å². The molecule has 0 bridgehead atoms. The summed E-state index contributed by atoms with van der Waals surface area (Å²) in [6.45, 7) is 3.43. The standard InChI is InChI=1S/C18H24N2O/c1-14(13-16-9-5-11-19-16)20-18(17-10-6-12-21-17)15-7-3-2-4-8-15/h2-4,6-8,10,12,14,16,18-20H,5,9,11,13H2,1H3. The lowest BCUT2D eigenvalue weighted by atomic mass is 10.0. The van der Waals surface area contributed by atoms with Gasteiger partial charge in [0, 0.05) is 12.1 Å². The second-order valence-corrected chi connectivity index (χ2v) is 5.96. The molecule has 3 nitrogen and oxygen atoms in total. The molecule has 1 aromatic carbocycles. The number of nitrogens with one attached hydrogen (secondary N) is 2. The summed E-state index contributed by atoms with van der Waals surface area (Å²) in [5, 5.41) is 7.30. The highest BCUT2D eigenvalue weighted by atomic mass is 16.3. The van der Waals surface area contributed by atoms with Gasteiger partial charge in [0.05, 0.1) is 12.3 Å². The maximum atomic E-state index is 5.64. The molecular formula is C18H24N2O. The maximum Gasteiger partial charge on any atom is 0.125 e. The Labute approximate surface area is 126 Å². The van der Waals surface area contributed by atoms with Crippen LogP contribution in [-0.4, -0.2) is 18.6 Å². The Morgan fingerprint density at radius 3 is 2.76 bits per heavy atom. The fourth-order valence-electron chi connectivity index (χ4n) is 3.18. The summed E-state index contributed by atoms with van der Waals surface area (Å²) in [5.41, 5.74) is 1.25. The summed E-state index contributed by atoms with van der Waals surface area (Å²) in [7, 11) is 0. The van der Waals surface area contributed by atoms with Crippen molar-refractivity contribution in [3.8, 4) is 0 Å². The smallest absolute Gasteiger partial charge is 0.125 e. The highest BCUT2D eigenvalue weighted by Gasteiger charge is 2.22. The average Bonchev–Trinajstić information content (AvgIpc) is 3.19. The Morgan fingerprint density at radius 1 is 1.24 bits per heavy atom. The van der Waals surface area contributed by atoms with E-state index in [-0.39, 0.29) is 6.04 Å². The van der Waals surface area contributed by atoms with Crippen molar-refractivity contribution < 1.29 is 4.42 Å². The molecule has 2 N–H and O–H groups in total. The van der Waals surface area contributed by atoms with Crippen LogP contribution in [0.2, 0.25) is 0 Å². The molecule has 3 rings (SSSR count). The third-order valence-electron chi connectivity index (χ3n) is 4.21. The third kappa shape index (κ3) is 3.74. The van der Waals surface area contributed by atoms with Gasteiger partial charge in [0.2, 0.25) is 0 Å². The second kappa shape index (κ2) is 6.92. The number of furan rings is 1. The molecule has 2 heterocycles. The van der Waals surface area contributed by atoms with Gasteiger partial charge in [-0.3, -0.25) is 0 Å². The Kier molecular flexibility index (Phi) is 4.73. The van der Waals surface area contributed by atoms with Crippen molar-refractivity contribution in [1.29, 1.82) is 0 Å². The van der Waals surface area contributed by atoms with Gasteiger partial charge >= 0.3 is 0 Å². The molecule has 3 heteroatoms. The molecule has 1 aromatic heterocycles. The van der Waals surface area contributed by atoms with Gasteiger partial charge in [-0.25, -0.2) is 0 Å². The predicted molar refractivity (Wildman–Crippen MR) is 85.2 cm³/mol. The van der Waals surface area contributed by atoms with Gasteiger partial charge in [0.1, 0.15) is 5.76 Å². The minimum atomic E-state index is 0.123. The zero-order chi connectivity index (χ0) is 14.5. The largest absolute Gasteiger partial charge is 0.467 e. The SMILES string of the molecule is CC(CC1CCCN1)NC(c1ccccc1)c1ccco1. The number of hydrogen-bond donors (Lipinski definition) is 2. The molecule has 112 valence electrons. The predicted octanol–water partition coefficient (Wildman–Crippen LogP) is 3.49. The molecule has 1 aliphatic heterocycles. The molecule has 2 aromatic rings. The number of rotatable bonds is 6. The summed E-state index contributed by atoms with van der Waals surface area (Å²) in [6, 6.07) is 15.7. The van der Waals surface area contributed by atoms with Crippen molar-refractivity contribution in [2.24, 2.45) is 0 Å². The molecule has 1 aliphatic rings. The van der Waals surface area contributed by atoms with E-state index < -0.39 is 0 Å². The van der Waals surface area contributed by atoms with Crippen molar-refractivity contribution in [2.75, 3.05) is 6.54 Å². The average molecular weight is 284 g/mol. The molecule has 0 saturated carbocycles. The van der Waals surface area contributed by atoms with Gasteiger partial charge in [-0.1, -0.05) is 30.3 Å². The van der Waals surface area contributed by atoms with Crippen LogP contribution in [0.15, 0.2) is 53.1 Å². The first kappa shape index (κ1) is 14.4. The third-order valence-corrected chi connectivity index (χ3v) is 4.21. The van der Waals surface area contributed by atoms with Crippen LogP contribution >= 0.6 is 0 Å². The topological polar surface area (TPSA) is 37.2 Å².